The third kappa shape index (κ3) is 4.91. The standard InChI is InChI=1S/C15H18N2O4/c1-2-13(18)10-3-7-12(8-4-10)21-9-14(19)17-15(20)16-11-5-6-11/h3-4,7-8,11H,2,5-6,9H2,1H3,(H2,16,17,19,20). The number of benzene rings is 1. The van der Waals surface area contributed by atoms with E-state index in [1.807, 2.05) is 0 Å². The summed E-state index contributed by atoms with van der Waals surface area (Å²) in [5.41, 5.74) is 0.609. The molecule has 0 spiro atoms. The fraction of sp³-hybridized carbons (Fsp3) is 0.400. The van der Waals surface area contributed by atoms with Crippen LogP contribution < -0.4 is 15.4 Å². The predicted octanol–water partition coefficient (Wildman–Crippen LogP) is 1.65. The van der Waals surface area contributed by atoms with E-state index < -0.39 is 11.9 Å². The van der Waals surface area contributed by atoms with Gasteiger partial charge in [0.15, 0.2) is 12.4 Å². The molecule has 1 fully saturated rings. The topological polar surface area (TPSA) is 84.5 Å². The molecule has 1 aromatic carbocycles. The number of carbonyl (C=O) groups is 3. The minimum absolute atomic E-state index is 0.0519. The Labute approximate surface area is 122 Å². The Morgan fingerprint density at radius 1 is 1.19 bits per heavy atom. The average Bonchev–Trinajstić information content (AvgIpc) is 3.28. The molecule has 3 amide bonds. The van der Waals surface area contributed by atoms with Gasteiger partial charge in [0, 0.05) is 18.0 Å². The van der Waals surface area contributed by atoms with E-state index >= 15 is 0 Å². The number of ether oxygens (including phenoxy) is 1. The third-order valence-electron chi connectivity index (χ3n) is 3.03. The van der Waals surface area contributed by atoms with Crippen molar-refractivity contribution in [1.29, 1.82) is 0 Å². The summed E-state index contributed by atoms with van der Waals surface area (Å²) in [5, 5.41) is 4.84. The summed E-state index contributed by atoms with van der Waals surface area (Å²) in [6, 6.07) is 6.26. The fourth-order valence-corrected chi connectivity index (χ4v) is 1.70. The maximum absolute atomic E-state index is 11.5. The van der Waals surface area contributed by atoms with E-state index in [1.54, 1.807) is 31.2 Å². The van der Waals surface area contributed by atoms with Crippen molar-refractivity contribution in [3.63, 3.8) is 0 Å². The summed E-state index contributed by atoms with van der Waals surface area (Å²) in [6.45, 7) is 1.54. The highest BCUT2D eigenvalue weighted by atomic mass is 16.5. The van der Waals surface area contributed by atoms with Gasteiger partial charge in [-0.25, -0.2) is 4.79 Å². The zero-order chi connectivity index (χ0) is 15.2. The molecule has 0 bridgehead atoms. The predicted molar refractivity (Wildman–Crippen MR) is 76.3 cm³/mol. The number of imide groups is 1. The Kier molecular flexibility index (Phi) is 4.92. The van der Waals surface area contributed by atoms with E-state index in [0.29, 0.717) is 17.7 Å². The van der Waals surface area contributed by atoms with Gasteiger partial charge in [-0.1, -0.05) is 6.92 Å². The van der Waals surface area contributed by atoms with Gasteiger partial charge in [-0.2, -0.15) is 0 Å². The van der Waals surface area contributed by atoms with E-state index in [1.165, 1.54) is 0 Å². The molecule has 1 aliphatic carbocycles. The maximum Gasteiger partial charge on any atom is 0.321 e. The number of ketones is 1. The van der Waals surface area contributed by atoms with Gasteiger partial charge in [0.25, 0.3) is 5.91 Å². The van der Waals surface area contributed by atoms with Gasteiger partial charge in [0.05, 0.1) is 0 Å². The molecular weight excluding hydrogens is 272 g/mol. The second kappa shape index (κ2) is 6.88. The summed E-state index contributed by atoms with van der Waals surface area (Å²) < 4.78 is 5.25. The highest BCUT2D eigenvalue weighted by Crippen LogP contribution is 2.18. The number of Topliss-reactive ketones (excluding diaryl/α,β-unsaturated/α-hetero) is 1. The van der Waals surface area contributed by atoms with Gasteiger partial charge < -0.3 is 10.1 Å². The van der Waals surface area contributed by atoms with Crippen LogP contribution in [-0.4, -0.2) is 30.4 Å². The molecule has 6 heteroatoms. The molecule has 0 saturated heterocycles. The second-order valence-corrected chi connectivity index (χ2v) is 4.89. The lowest BCUT2D eigenvalue weighted by molar-refractivity contribution is -0.122. The van der Waals surface area contributed by atoms with Gasteiger partial charge in [-0.15, -0.1) is 0 Å². The van der Waals surface area contributed by atoms with Crippen molar-refractivity contribution in [2.75, 3.05) is 6.61 Å². The molecule has 0 aliphatic heterocycles. The van der Waals surface area contributed by atoms with Gasteiger partial charge >= 0.3 is 6.03 Å². The largest absolute Gasteiger partial charge is 0.484 e. The monoisotopic (exact) mass is 290 g/mol. The van der Waals surface area contributed by atoms with Crippen molar-refractivity contribution in [2.45, 2.75) is 32.2 Å². The number of hydrogen-bond donors (Lipinski definition) is 2. The number of urea groups is 1. The SMILES string of the molecule is CCC(=O)c1ccc(OCC(=O)NC(=O)NC2CC2)cc1. The van der Waals surface area contributed by atoms with Crippen LogP contribution in [0.2, 0.25) is 0 Å². The smallest absolute Gasteiger partial charge is 0.321 e. The van der Waals surface area contributed by atoms with E-state index in [-0.39, 0.29) is 18.4 Å². The highest BCUT2D eigenvalue weighted by Gasteiger charge is 2.23. The molecule has 2 N–H and O–H groups in total. The Bertz CT molecular complexity index is 535. The summed E-state index contributed by atoms with van der Waals surface area (Å²) in [7, 11) is 0. The summed E-state index contributed by atoms with van der Waals surface area (Å²) in [5.74, 6) is 0.0123. The van der Waals surface area contributed by atoms with E-state index in [2.05, 4.69) is 10.6 Å². The van der Waals surface area contributed by atoms with Crippen molar-refractivity contribution < 1.29 is 19.1 Å². The van der Waals surface area contributed by atoms with Crippen molar-refractivity contribution in [3.8, 4) is 5.75 Å². The lowest BCUT2D eigenvalue weighted by Gasteiger charge is -2.08. The summed E-state index contributed by atoms with van der Waals surface area (Å²) in [6.07, 6.45) is 2.36. The molecular formula is C15H18N2O4. The lowest BCUT2D eigenvalue weighted by Crippen LogP contribution is -2.42. The summed E-state index contributed by atoms with van der Waals surface area (Å²) in [4.78, 5) is 34.3. The molecule has 21 heavy (non-hydrogen) atoms. The first-order chi connectivity index (χ1) is 10.1. The molecule has 6 nitrogen and oxygen atoms in total. The first-order valence-electron chi connectivity index (χ1n) is 6.95. The van der Waals surface area contributed by atoms with E-state index in [4.69, 9.17) is 4.74 Å². The van der Waals surface area contributed by atoms with Crippen LogP contribution >= 0.6 is 0 Å². The van der Waals surface area contributed by atoms with Crippen molar-refractivity contribution in [3.05, 3.63) is 29.8 Å². The molecule has 0 atom stereocenters. The molecule has 112 valence electrons. The van der Waals surface area contributed by atoms with Crippen LogP contribution in [-0.2, 0) is 4.79 Å². The Morgan fingerprint density at radius 3 is 2.43 bits per heavy atom. The molecule has 1 aliphatic rings. The summed E-state index contributed by atoms with van der Waals surface area (Å²) >= 11 is 0. The van der Waals surface area contributed by atoms with E-state index in [9.17, 15) is 14.4 Å². The molecule has 0 radical (unpaired) electrons. The Morgan fingerprint density at radius 2 is 1.86 bits per heavy atom. The van der Waals surface area contributed by atoms with Crippen molar-refractivity contribution in [1.82, 2.24) is 10.6 Å². The normalized spacial score (nSPS) is 13.4. The molecule has 0 unspecified atom stereocenters. The first-order valence-corrected chi connectivity index (χ1v) is 6.95. The number of rotatable bonds is 6. The van der Waals surface area contributed by atoms with Crippen molar-refractivity contribution >= 4 is 17.7 Å². The van der Waals surface area contributed by atoms with Crippen LogP contribution in [0.25, 0.3) is 0 Å². The zero-order valence-electron chi connectivity index (χ0n) is 11.8. The minimum atomic E-state index is -0.512. The van der Waals surface area contributed by atoms with Crippen LogP contribution in [0.3, 0.4) is 0 Å². The highest BCUT2D eigenvalue weighted by molar-refractivity contribution is 5.96. The van der Waals surface area contributed by atoms with Gasteiger partial charge in [-0.3, -0.25) is 14.9 Å². The number of hydrogen-bond acceptors (Lipinski definition) is 4. The van der Waals surface area contributed by atoms with Crippen LogP contribution in [0.1, 0.15) is 36.5 Å². The Hall–Kier alpha value is -2.37. The second-order valence-electron chi connectivity index (χ2n) is 4.89. The van der Waals surface area contributed by atoms with E-state index in [0.717, 1.165) is 12.8 Å². The number of amides is 3. The van der Waals surface area contributed by atoms with Gasteiger partial charge in [0.2, 0.25) is 0 Å². The number of carbonyl (C=O) groups excluding carboxylic acids is 3. The van der Waals surface area contributed by atoms with Crippen LogP contribution in [0.4, 0.5) is 4.79 Å². The maximum atomic E-state index is 11.5. The minimum Gasteiger partial charge on any atom is -0.484 e. The van der Waals surface area contributed by atoms with Gasteiger partial charge in [0.1, 0.15) is 5.75 Å². The van der Waals surface area contributed by atoms with Crippen LogP contribution in [0.15, 0.2) is 24.3 Å². The fourth-order valence-electron chi connectivity index (χ4n) is 1.70. The third-order valence-corrected chi connectivity index (χ3v) is 3.03. The molecule has 0 aromatic heterocycles. The lowest BCUT2D eigenvalue weighted by atomic mass is 10.1. The molecule has 0 heterocycles. The van der Waals surface area contributed by atoms with Crippen LogP contribution in [0, 0.1) is 0 Å². The first kappa shape index (κ1) is 15.0. The average molecular weight is 290 g/mol. The quantitative estimate of drug-likeness (QED) is 0.780. The Balaban J connectivity index is 1.75. The van der Waals surface area contributed by atoms with Gasteiger partial charge in [-0.05, 0) is 37.1 Å². The molecule has 1 saturated carbocycles. The van der Waals surface area contributed by atoms with Crippen molar-refractivity contribution in [2.24, 2.45) is 0 Å². The molecule has 1 aromatic rings. The zero-order valence-corrected chi connectivity index (χ0v) is 11.8. The van der Waals surface area contributed by atoms with Crippen LogP contribution in [0.5, 0.6) is 5.75 Å². The molecule has 2 rings (SSSR count). The number of nitrogens with one attached hydrogen (secondary N) is 2.